The lowest BCUT2D eigenvalue weighted by molar-refractivity contribution is 0.186. The minimum Gasteiger partial charge on any atom is -0.325 e. The Morgan fingerprint density at radius 3 is 2.76 bits per heavy atom. The van der Waals surface area contributed by atoms with Crippen LogP contribution in [-0.2, 0) is 0 Å². The molecule has 0 radical (unpaired) electrons. The summed E-state index contributed by atoms with van der Waals surface area (Å²) in [6, 6.07) is 9.89. The molecule has 4 heteroatoms. The van der Waals surface area contributed by atoms with Crippen LogP contribution in [0.15, 0.2) is 30.3 Å². The van der Waals surface area contributed by atoms with E-state index in [1.165, 1.54) is 0 Å². The van der Waals surface area contributed by atoms with Crippen molar-refractivity contribution in [2.24, 2.45) is 5.92 Å². The molecule has 0 atom stereocenters. The van der Waals surface area contributed by atoms with E-state index in [4.69, 9.17) is 0 Å². The van der Waals surface area contributed by atoms with E-state index < -0.39 is 0 Å². The summed E-state index contributed by atoms with van der Waals surface area (Å²) in [7, 11) is 0. The van der Waals surface area contributed by atoms with Crippen LogP contribution >= 0.6 is 0 Å². The summed E-state index contributed by atoms with van der Waals surface area (Å²) >= 11 is 0. The SMILES string of the molecule is Cc1ccc2cccc(NC(=O)N3CCC(C)CC3)c2n1. The lowest BCUT2D eigenvalue weighted by atomic mass is 10.00. The summed E-state index contributed by atoms with van der Waals surface area (Å²) in [6.07, 6.45) is 2.17. The molecule has 0 unspecified atom stereocenters. The molecule has 2 aromatic rings. The van der Waals surface area contributed by atoms with Gasteiger partial charge in [0.1, 0.15) is 0 Å². The lowest BCUT2D eigenvalue weighted by Gasteiger charge is -2.30. The fourth-order valence-corrected chi connectivity index (χ4v) is 2.75. The van der Waals surface area contributed by atoms with Gasteiger partial charge < -0.3 is 10.2 Å². The van der Waals surface area contributed by atoms with Gasteiger partial charge in [-0.25, -0.2) is 4.79 Å². The highest BCUT2D eigenvalue weighted by Crippen LogP contribution is 2.23. The standard InChI is InChI=1S/C17H21N3O/c1-12-8-10-20(11-9-12)17(21)19-15-5-3-4-14-7-6-13(2)18-16(14)15/h3-7,12H,8-11H2,1-2H3,(H,19,21). The maximum Gasteiger partial charge on any atom is 0.321 e. The topological polar surface area (TPSA) is 45.2 Å². The normalized spacial score (nSPS) is 16.2. The van der Waals surface area contributed by atoms with Crippen LogP contribution in [0.3, 0.4) is 0 Å². The first-order chi connectivity index (χ1) is 10.1. The summed E-state index contributed by atoms with van der Waals surface area (Å²) in [5, 5.41) is 4.07. The summed E-state index contributed by atoms with van der Waals surface area (Å²) in [5.41, 5.74) is 2.60. The van der Waals surface area contributed by atoms with Gasteiger partial charge in [0, 0.05) is 24.2 Å². The number of benzene rings is 1. The lowest BCUT2D eigenvalue weighted by Crippen LogP contribution is -2.40. The second-order valence-corrected chi connectivity index (χ2v) is 5.93. The number of aryl methyl sites for hydroxylation is 1. The van der Waals surface area contributed by atoms with E-state index in [0.717, 1.165) is 54.1 Å². The maximum atomic E-state index is 12.4. The predicted molar refractivity (Wildman–Crippen MR) is 85.5 cm³/mol. The third-order valence-electron chi connectivity index (χ3n) is 4.17. The van der Waals surface area contributed by atoms with Crippen LogP contribution < -0.4 is 5.32 Å². The molecule has 1 aromatic heterocycles. The Kier molecular flexibility index (Phi) is 3.78. The summed E-state index contributed by atoms with van der Waals surface area (Å²) < 4.78 is 0. The van der Waals surface area contributed by atoms with Crippen molar-refractivity contribution in [1.82, 2.24) is 9.88 Å². The van der Waals surface area contributed by atoms with E-state index in [1.54, 1.807) is 0 Å². The van der Waals surface area contributed by atoms with Gasteiger partial charge in [-0.05, 0) is 37.8 Å². The van der Waals surface area contributed by atoms with E-state index in [9.17, 15) is 4.79 Å². The van der Waals surface area contributed by atoms with Crippen molar-refractivity contribution in [2.45, 2.75) is 26.7 Å². The van der Waals surface area contributed by atoms with Crippen LogP contribution in [0.2, 0.25) is 0 Å². The van der Waals surface area contributed by atoms with Gasteiger partial charge in [0.25, 0.3) is 0 Å². The Balaban J connectivity index is 1.81. The molecule has 0 aliphatic carbocycles. The monoisotopic (exact) mass is 283 g/mol. The smallest absolute Gasteiger partial charge is 0.321 e. The average Bonchev–Trinajstić information content (AvgIpc) is 2.48. The number of aromatic nitrogens is 1. The molecule has 1 aromatic carbocycles. The number of anilines is 1. The average molecular weight is 283 g/mol. The van der Waals surface area contributed by atoms with E-state index in [-0.39, 0.29) is 6.03 Å². The number of nitrogens with one attached hydrogen (secondary N) is 1. The zero-order chi connectivity index (χ0) is 14.8. The second kappa shape index (κ2) is 5.72. The number of rotatable bonds is 1. The molecular weight excluding hydrogens is 262 g/mol. The molecule has 1 N–H and O–H groups in total. The van der Waals surface area contributed by atoms with Crippen LogP contribution in [0, 0.1) is 12.8 Å². The highest BCUT2D eigenvalue weighted by molar-refractivity contribution is 5.99. The Hall–Kier alpha value is -2.10. The minimum atomic E-state index is -0.0160. The number of nitrogens with zero attached hydrogens (tertiary/aromatic N) is 2. The third kappa shape index (κ3) is 2.99. The molecule has 0 bridgehead atoms. The fourth-order valence-electron chi connectivity index (χ4n) is 2.75. The van der Waals surface area contributed by atoms with Crippen LogP contribution in [0.4, 0.5) is 10.5 Å². The van der Waals surface area contributed by atoms with E-state index in [2.05, 4.69) is 17.2 Å². The number of para-hydroxylation sites is 1. The van der Waals surface area contributed by atoms with Crippen LogP contribution in [0.5, 0.6) is 0 Å². The third-order valence-corrected chi connectivity index (χ3v) is 4.17. The highest BCUT2D eigenvalue weighted by atomic mass is 16.2. The zero-order valence-electron chi connectivity index (χ0n) is 12.6. The molecule has 0 spiro atoms. The summed E-state index contributed by atoms with van der Waals surface area (Å²) in [5.74, 6) is 0.718. The predicted octanol–water partition coefficient (Wildman–Crippen LogP) is 3.81. The van der Waals surface area contributed by atoms with Crippen molar-refractivity contribution in [1.29, 1.82) is 0 Å². The second-order valence-electron chi connectivity index (χ2n) is 5.93. The molecule has 1 saturated heterocycles. The van der Waals surface area contributed by atoms with Crippen molar-refractivity contribution in [3.05, 3.63) is 36.0 Å². The number of carbonyl (C=O) groups excluding carboxylic acids is 1. The first-order valence-corrected chi connectivity index (χ1v) is 7.56. The molecular formula is C17H21N3O. The molecule has 1 aliphatic rings. The Morgan fingerprint density at radius 2 is 2.00 bits per heavy atom. The van der Waals surface area contributed by atoms with E-state index >= 15 is 0 Å². The highest BCUT2D eigenvalue weighted by Gasteiger charge is 2.20. The quantitative estimate of drug-likeness (QED) is 0.865. The van der Waals surface area contributed by atoms with Crippen molar-refractivity contribution in [3.63, 3.8) is 0 Å². The number of likely N-dealkylation sites (tertiary alicyclic amines) is 1. The Morgan fingerprint density at radius 1 is 1.24 bits per heavy atom. The van der Waals surface area contributed by atoms with Gasteiger partial charge in [-0.2, -0.15) is 0 Å². The van der Waals surface area contributed by atoms with Gasteiger partial charge in [0.2, 0.25) is 0 Å². The first kappa shape index (κ1) is 13.9. The molecule has 0 saturated carbocycles. The van der Waals surface area contributed by atoms with Gasteiger partial charge in [-0.15, -0.1) is 0 Å². The Labute approximate surface area is 125 Å². The van der Waals surface area contributed by atoms with E-state index in [1.807, 2.05) is 42.2 Å². The van der Waals surface area contributed by atoms with Crippen LogP contribution in [-0.4, -0.2) is 29.0 Å². The molecule has 110 valence electrons. The summed E-state index contributed by atoms with van der Waals surface area (Å²) in [4.78, 5) is 18.8. The number of hydrogen-bond acceptors (Lipinski definition) is 2. The van der Waals surface area contributed by atoms with Gasteiger partial charge in [0.15, 0.2) is 0 Å². The van der Waals surface area contributed by atoms with Gasteiger partial charge in [-0.1, -0.05) is 25.1 Å². The molecule has 1 fully saturated rings. The minimum absolute atomic E-state index is 0.0160. The van der Waals surface area contributed by atoms with Crippen molar-refractivity contribution in [2.75, 3.05) is 18.4 Å². The van der Waals surface area contributed by atoms with Crippen molar-refractivity contribution >= 4 is 22.6 Å². The molecule has 2 heterocycles. The molecule has 3 rings (SSSR count). The number of hydrogen-bond donors (Lipinski definition) is 1. The summed E-state index contributed by atoms with van der Waals surface area (Å²) in [6.45, 7) is 5.88. The number of pyridine rings is 1. The Bertz CT molecular complexity index is 660. The van der Waals surface area contributed by atoms with Gasteiger partial charge in [-0.3, -0.25) is 4.98 Å². The molecule has 21 heavy (non-hydrogen) atoms. The van der Waals surface area contributed by atoms with E-state index in [0.29, 0.717) is 0 Å². The number of carbonyl (C=O) groups is 1. The number of urea groups is 1. The number of fused-ring (bicyclic) bond motifs is 1. The largest absolute Gasteiger partial charge is 0.325 e. The van der Waals surface area contributed by atoms with Crippen LogP contribution in [0.1, 0.15) is 25.5 Å². The first-order valence-electron chi connectivity index (χ1n) is 7.56. The molecule has 4 nitrogen and oxygen atoms in total. The maximum absolute atomic E-state index is 12.4. The van der Waals surface area contributed by atoms with Gasteiger partial charge in [0.05, 0.1) is 11.2 Å². The van der Waals surface area contributed by atoms with Crippen molar-refractivity contribution in [3.8, 4) is 0 Å². The fraction of sp³-hybridized carbons (Fsp3) is 0.412. The van der Waals surface area contributed by atoms with Crippen molar-refractivity contribution < 1.29 is 4.79 Å². The zero-order valence-corrected chi connectivity index (χ0v) is 12.6. The molecule has 2 amide bonds. The van der Waals surface area contributed by atoms with Gasteiger partial charge >= 0.3 is 6.03 Å². The van der Waals surface area contributed by atoms with Crippen LogP contribution in [0.25, 0.3) is 10.9 Å². The number of amides is 2. The molecule has 1 aliphatic heterocycles. The number of piperidine rings is 1.